The van der Waals surface area contributed by atoms with Crippen molar-refractivity contribution < 1.29 is 0 Å². The Hall–Kier alpha value is -0.240. The molecule has 1 heterocycles. The fourth-order valence-electron chi connectivity index (χ4n) is 0.625. The number of allylic oxidation sites excluding steroid dienone is 1. The van der Waals surface area contributed by atoms with E-state index >= 15 is 0 Å². The van der Waals surface area contributed by atoms with E-state index in [1.54, 1.807) is 11.8 Å². The predicted molar refractivity (Wildman–Crippen MR) is 39.3 cm³/mol. The van der Waals surface area contributed by atoms with Crippen molar-refractivity contribution in [1.82, 2.24) is 0 Å². The van der Waals surface area contributed by atoms with Crippen LogP contribution in [-0.2, 0) is 0 Å². The van der Waals surface area contributed by atoms with Gasteiger partial charge in [-0.05, 0) is 19.1 Å². The van der Waals surface area contributed by atoms with Crippen LogP contribution in [0.25, 0.3) is 0 Å². The molecule has 0 unspecified atom stereocenters. The molecule has 0 fully saturated rings. The first kappa shape index (κ1) is 5.89. The molecule has 1 nitrogen and oxygen atoms in total. The van der Waals surface area contributed by atoms with Crippen molar-refractivity contribution in [3.63, 3.8) is 0 Å². The van der Waals surface area contributed by atoms with Crippen LogP contribution in [0.15, 0.2) is 16.1 Å². The summed E-state index contributed by atoms with van der Waals surface area (Å²) in [5.41, 5.74) is 0. The van der Waals surface area contributed by atoms with Gasteiger partial charge in [-0.25, -0.2) is 0 Å². The first-order chi connectivity index (χ1) is 3.93. The number of hydrogen-bond acceptors (Lipinski definition) is 2. The molecule has 44 valence electrons. The summed E-state index contributed by atoms with van der Waals surface area (Å²) < 4.78 is 0. The monoisotopic (exact) mass is 127 g/mol. The van der Waals surface area contributed by atoms with Crippen molar-refractivity contribution in [1.29, 1.82) is 0 Å². The Morgan fingerprint density at radius 2 is 2.50 bits per heavy atom. The third kappa shape index (κ3) is 1.37. The molecule has 0 N–H and O–H groups in total. The molecule has 1 aliphatic rings. The highest BCUT2D eigenvalue weighted by molar-refractivity contribution is 8.02. The second-order valence-corrected chi connectivity index (χ2v) is 2.46. The fourth-order valence-corrected chi connectivity index (χ4v) is 1.09. The Morgan fingerprint density at radius 3 is 2.88 bits per heavy atom. The van der Waals surface area contributed by atoms with E-state index in [1.807, 2.05) is 6.21 Å². The minimum Gasteiger partial charge on any atom is -0.255 e. The molecule has 0 aromatic carbocycles. The summed E-state index contributed by atoms with van der Waals surface area (Å²) in [6.07, 6.45) is 8.48. The maximum atomic E-state index is 4.15. The van der Waals surface area contributed by atoms with Crippen molar-refractivity contribution in [2.24, 2.45) is 4.99 Å². The summed E-state index contributed by atoms with van der Waals surface area (Å²) in [5, 5.41) is 1.16. The number of aliphatic imine (C=N–C) groups is 1. The molecule has 1 aliphatic heterocycles. The molecule has 0 amide bonds. The molecule has 0 aliphatic carbocycles. The van der Waals surface area contributed by atoms with Gasteiger partial charge in [0, 0.05) is 6.21 Å². The van der Waals surface area contributed by atoms with Gasteiger partial charge in [0.25, 0.3) is 0 Å². The summed E-state index contributed by atoms with van der Waals surface area (Å²) in [5.74, 6) is 0. The maximum Gasteiger partial charge on any atom is 0.0913 e. The number of thioether (sulfide) groups is 1. The molecular weight excluding hydrogens is 118 g/mol. The van der Waals surface area contributed by atoms with E-state index in [0.29, 0.717) is 0 Å². The van der Waals surface area contributed by atoms with E-state index in [2.05, 4.69) is 17.3 Å². The van der Waals surface area contributed by atoms with Crippen LogP contribution in [0, 0.1) is 0 Å². The van der Waals surface area contributed by atoms with Crippen molar-refractivity contribution in [2.75, 3.05) is 6.26 Å². The van der Waals surface area contributed by atoms with E-state index in [-0.39, 0.29) is 0 Å². The van der Waals surface area contributed by atoms with Crippen LogP contribution in [0.4, 0.5) is 0 Å². The van der Waals surface area contributed by atoms with Gasteiger partial charge in [0.2, 0.25) is 0 Å². The van der Waals surface area contributed by atoms with Crippen molar-refractivity contribution >= 4 is 18.0 Å². The molecule has 0 atom stereocenters. The zero-order valence-corrected chi connectivity index (χ0v) is 5.74. The van der Waals surface area contributed by atoms with Crippen LogP contribution < -0.4 is 0 Å². The van der Waals surface area contributed by atoms with E-state index < -0.39 is 0 Å². The molecule has 0 aromatic heterocycles. The number of rotatable bonds is 1. The second kappa shape index (κ2) is 2.92. The standard InChI is InChI=1S/C6H9NS/c1-8-6-4-2-3-5-7-6/h4-5H,2-3H2,1H3. The van der Waals surface area contributed by atoms with Crippen LogP contribution in [-0.4, -0.2) is 12.5 Å². The summed E-state index contributed by atoms with van der Waals surface area (Å²) in [6, 6.07) is 0. The molecule has 0 bridgehead atoms. The Bertz CT molecular complexity index is 126. The lowest BCUT2D eigenvalue weighted by Gasteiger charge is -1.99. The van der Waals surface area contributed by atoms with E-state index in [0.717, 1.165) is 11.4 Å². The van der Waals surface area contributed by atoms with Gasteiger partial charge in [-0.3, -0.25) is 4.99 Å². The van der Waals surface area contributed by atoms with Gasteiger partial charge in [-0.1, -0.05) is 6.08 Å². The van der Waals surface area contributed by atoms with Gasteiger partial charge in [0.05, 0.1) is 5.03 Å². The fraction of sp³-hybridized carbons (Fsp3) is 0.500. The molecule has 1 rings (SSSR count). The minimum absolute atomic E-state index is 1.12. The number of hydrogen-bond donors (Lipinski definition) is 0. The van der Waals surface area contributed by atoms with Gasteiger partial charge in [-0.2, -0.15) is 0 Å². The summed E-state index contributed by atoms with van der Waals surface area (Å²) in [4.78, 5) is 4.15. The van der Waals surface area contributed by atoms with Crippen LogP contribution >= 0.6 is 11.8 Å². The van der Waals surface area contributed by atoms with Crippen molar-refractivity contribution in [2.45, 2.75) is 12.8 Å². The second-order valence-electron chi connectivity index (χ2n) is 1.64. The molecule has 0 spiro atoms. The van der Waals surface area contributed by atoms with Gasteiger partial charge in [0.15, 0.2) is 0 Å². The summed E-state index contributed by atoms with van der Waals surface area (Å²) in [6.45, 7) is 0. The molecule has 0 saturated carbocycles. The molecular formula is C6H9NS. The third-order valence-corrected chi connectivity index (χ3v) is 1.73. The molecule has 2 heteroatoms. The summed E-state index contributed by atoms with van der Waals surface area (Å²) >= 11 is 1.71. The lowest BCUT2D eigenvalue weighted by Crippen LogP contribution is -1.83. The van der Waals surface area contributed by atoms with Crippen LogP contribution in [0.3, 0.4) is 0 Å². The highest BCUT2D eigenvalue weighted by Crippen LogP contribution is 2.16. The predicted octanol–water partition coefficient (Wildman–Crippen LogP) is 2.06. The van der Waals surface area contributed by atoms with Crippen LogP contribution in [0.2, 0.25) is 0 Å². The van der Waals surface area contributed by atoms with Crippen molar-refractivity contribution in [3.8, 4) is 0 Å². The SMILES string of the molecule is CSC1=CCCC=N1. The normalized spacial score (nSPS) is 18.4. The minimum atomic E-state index is 1.12. The Kier molecular flexibility index (Phi) is 2.15. The highest BCUT2D eigenvalue weighted by atomic mass is 32.2. The largest absolute Gasteiger partial charge is 0.255 e. The number of nitrogens with zero attached hydrogens (tertiary/aromatic N) is 1. The lowest BCUT2D eigenvalue weighted by molar-refractivity contribution is 1.08. The lowest BCUT2D eigenvalue weighted by atomic mass is 10.3. The average Bonchev–Trinajstić information content (AvgIpc) is 1.90. The maximum absolute atomic E-state index is 4.15. The van der Waals surface area contributed by atoms with Gasteiger partial charge < -0.3 is 0 Å². The summed E-state index contributed by atoms with van der Waals surface area (Å²) in [7, 11) is 0. The van der Waals surface area contributed by atoms with E-state index in [4.69, 9.17) is 0 Å². The van der Waals surface area contributed by atoms with Crippen molar-refractivity contribution in [3.05, 3.63) is 11.1 Å². The zero-order chi connectivity index (χ0) is 5.82. The zero-order valence-electron chi connectivity index (χ0n) is 4.92. The quantitative estimate of drug-likeness (QED) is 0.525. The van der Waals surface area contributed by atoms with Crippen LogP contribution in [0.1, 0.15) is 12.8 Å². The Balaban J connectivity index is 2.51. The molecule has 0 saturated heterocycles. The first-order valence-electron chi connectivity index (χ1n) is 2.70. The molecule has 0 aromatic rings. The van der Waals surface area contributed by atoms with E-state index in [1.165, 1.54) is 6.42 Å². The van der Waals surface area contributed by atoms with Gasteiger partial charge in [0.1, 0.15) is 0 Å². The van der Waals surface area contributed by atoms with Gasteiger partial charge >= 0.3 is 0 Å². The van der Waals surface area contributed by atoms with E-state index in [9.17, 15) is 0 Å². The highest BCUT2D eigenvalue weighted by Gasteiger charge is 1.92. The Labute approximate surface area is 53.9 Å². The van der Waals surface area contributed by atoms with Crippen LogP contribution in [0.5, 0.6) is 0 Å². The molecule has 0 radical (unpaired) electrons. The third-order valence-electron chi connectivity index (χ3n) is 1.04. The Morgan fingerprint density at radius 1 is 1.62 bits per heavy atom. The molecule has 8 heavy (non-hydrogen) atoms. The average molecular weight is 127 g/mol. The first-order valence-corrected chi connectivity index (χ1v) is 3.92. The van der Waals surface area contributed by atoms with Gasteiger partial charge in [-0.15, -0.1) is 11.8 Å². The topological polar surface area (TPSA) is 12.4 Å². The smallest absolute Gasteiger partial charge is 0.0913 e.